The van der Waals surface area contributed by atoms with Gasteiger partial charge in [-0.15, -0.1) is 11.3 Å². The van der Waals surface area contributed by atoms with Crippen molar-refractivity contribution in [3.8, 4) is 0 Å². The van der Waals surface area contributed by atoms with Crippen molar-refractivity contribution >= 4 is 56.4 Å². The molecule has 24 heavy (non-hydrogen) atoms. The van der Waals surface area contributed by atoms with Crippen LogP contribution in [0.15, 0.2) is 46.8 Å². The number of hydrogen-bond acceptors (Lipinski definition) is 6. The summed E-state index contributed by atoms with van der Waals surface area (Å²) in [6, 6.07) is 12.4. The number of carbonyl (C=O) groups is 2. The fourth-order valence-electron chi connectivity index (χ4n) is 2.09. The van der Waals surface area contributed by atoms with Crippen LogP contribution < -0.4 is 11.1 Å². The lowest BCUT2D eigenvalue weighted by Gasteiger charge is -2.04. The SMILES string of the molecule is CC(=O)c1ccc(NC(=O)CSc2nc3ccc(N)cc3s2)cc1. The van der Waals surface area contributed by atoms with E-state index in [-0.39, 0.29) is 17.4 Å². The number of benzene rings is 2. The van der Waals surface area contributed by atoms with Crippen molar-refractivity contribution in [2.75, 3.05) is 16.8 Å². The highest BCUT2D eigenvalue weighted by atomic mass is 32.2. The Hall–Kier alpha value is -2.38. The first-order valence-electron chi connectivity index (χ1n) is 7.21. The second-order valence-electron chi connectivity index (χ2n) is 5.18. The normalized spacial score (nSPS) is 10.7. The van der Waals surface area contributed by atoms with Crippen molar-refractivity contribution in [1.29, 1.82) is 0 Å². The molecule has 0 saturated carbocycles. The maximum atomic E-state index is 12.0. The molecule has 0 aliphatic carbocycles. The second-order valence-corrected chi connectivity index (χ2v) is 7.43. The number of ketones is 1. The highest BCUT2D eigenvalue weighted by Gasteiger charge is 2.09. The number of Topliss-reactive ketones (excluding diaryl/α,β-unsaturated/α-hetero) is 1. The summed E-state index contributed by atoms with van der Waals surface area (Å²) in [4.78, 5) is 27.7. The Kier molecular flexibility index (Phi) is 4.82. The van der Waals surface area contributed by atoms with Gasteiger partial charge in [0, 0.05) is 16.9 Å². The minimum Gasteiger partial charge on any atom is -0.399 e. The molecule has 1 amide bonds. The first-order valence-corrected chi connectivity index (χ1v) is 9.01. The Morgan fingerprint density at radius 3 is 2.67 bits per heavy atom. The van der Waals surface area contributed by atoms with Crippen LogP contribution in [-0.2, 0) is 4.79 Å². The van der Waals surface area contributed by atoms with E-state index in [0.29, 0.717) is 16.9 Å². The zero-order valence-corrected chi connectivity index (χ0v) is 14.5. The number of nitrogens with one attached hydrogen (secondary N) is 1. The molecular weight excluding hydrogens is 342 g/mol. The summed E-state index contributed by atoms with van der Waals surface area (Å²) < 4.78 is 1.84. The zero-order chi connectivity index (χ0) is 17.1. The van der Waals surface area contributed by atoms with Crippen LogP contribution in [0.25, 0.3) is 10.2 Å². The highest BCUT2D eigenvalue weighted by Crippen LogP contribution is 2.30. The molecule has 1 aromatic heterocycles. The lowest BCUT2D eigenvalue weighted by Crippen LogP contribution is -2.13. The summed E-state index contributed by atoms with van der Waals surface area (Å²) >= 11 is 2.91. The molecule has 5 nitrogen and oxygen atoms in total. The van der Waals surface area contributed by atoms with Crippen LogP contribution in [0.1, 0.15) is 17.3 Å². The highest BCUT2D eigenvalue weighted by molar-refractivity contribution is 8.01. The Labute approximate surface area is 147 Å². The molecule has 0 unspecified atom stereocenters. The van der Waals surface area contributed by atoms with Crippen LogP contribution >= 0.6 is 23.1 Å². The van der Waals surface area contributed by atoms with E-state index in [9.17, 15) is 9.59 Å². The predicted octanol–water partition coefficient (Wildman–Crippen LogP) is 3.81. The lowest BCUT2D eigenvalue weighted by molar-refractivity contribution is -0.113. The van der Waals surface area contributed by atoms with E-state index in [4.69, 9.17) is 5.73 Å². The molecule has 122 valence electrons. The van der Waals surface area contributed by atoms with Crippen LogP contribution in [0, 0.1) is 0 Å². The fraction of sp³-hybridized carbons (Fsp3) is 0.118. The molecule has 0 fully saturated rings. The number of carbonyl (C=O) groups excluding carboxylic acids is 2. The molecule has 0 bridgehead atoms. The minimum atomic E-state index is -0.116. The standard InChI is InChI=1S/C17H15N3O2S2/c1-10(21)11-2-5-13(6-3-11)19-16(22)9-23-17-20-14-7-4-12(18)8-15(14)24-17/h2-8H,9,18H2,1H3,(H,19,22). The first-order chi connectivity index (χ1) is 11.5. The number of hydrogen-bond donors (Lipinski definition) is 2. The third-order valence-electron chi connectivity index (χ3n) is 3.29. The van der Waals surface area contributed by atoms with Crippen LogP contribution in [0.5, 0.6) is 0 Å². The first kappa shape index (κ1) is 16.5. The molecule has 2 aromatic carbocycles. The molecule has 0 spiro atoms. The van der Waals surface area contributed by atoms with Gasteiger partial charge in [-0.2, -0.15) is 0 Å². The van der Waals surface area contributed by atoms with Gasteiger partial charge in [-0.1, -0.05) is 11.8 Å². The monoisotopic (exact) mass is 357 g/mol. The molecule has 0 aliphatic rings. The number of amides is 1. The average Bonchev–Trinajstić information content (AvgIpc) is 2.95. The van der Waals surface area contributed by atoms with Crippen molar-refractivity contribution in [2.24, 2.45) is 0 Å². The minimum absolute atomic E-state index is 0.0000882. The van der Waals surface area contributed by atoms with Gasteiger partial charge in [0.2, 0.25) is 5.91 Å². The van der Waals surface area contributed by atoms with E-state index in [1.54, 1.807) is 24.3 Å². The van der Waals surface area contributed by atoms with Gasteiger partial charge in [-0.3, -0.25) is 9.59 Å². The molecule has 3 rings (SSSR count). The van der Waals surface area contributed by atoms with Gasteiger partial charge >= 0.3 is 0 Å². The summed E-state index contributed by atoms with van der Waals surface area (Å²) in [5.74, 6) is 0.151. The number of thiazole rings is 1. The van der Waals surface area contributed by atoms with Crippen LogP contribution in [0.3, 0.4) is 0 Å². The summed E-state index contributed by atoms with van der Waals surface area (Å²) in [5, 5.41) is 2.81. The van der Waals surface area contributed by atoms with Crippen molar-refractivity contribution in [3.63, 3.8) is 0 Å². The average molecular weight is 357 g/mol. The number of thioether (sulfide) groups is 1. The molecule has 3 N–H and O–H groups in total. The largest absolute Gasteiger partial charge is 0.399 e. The number of nitrogens with two attached hydrogens (primary N) is 1. The van der Waals surface area contributed by atoms with Crippen molar-refractivity contribution in [2.45, 2.75) is 11.3 Å². The van der Waals surface area contributed by atoms with Crippen molar-refractivity contribution in [3.05, 3.63) is 48.0 Å². The third-order valence-corrected chi connectivity index (χ3v) is 5.46. The number of aromatic nitrogens is 1. The Balaban J connectivity index is 1.59. The molecule has 0 aliphatic heterocycles. The summed E-state index contributed by atoms with van der Waals surface area (Å²) in [6.07, 6.45) is 0. The van der Waals surface area contributed by atoms with E-state index in [1.807, 2.05) is 18.2 Å². The van der Waals surface area contributed by atoms with Gasteiger partial charge in [-0.05, 0) is 49.4 Å². The van der Waals surface area contributed by atoms with Gasteiger partial charge in [-0.25, -0.2) is 4.98 Å². The van der Waals surface area contributed by atoms with E-state index in [1.165, 1.54) is 30.0 Å². The molecular formula is C17H15N3O2S2. The smallest absolute Gasteiger partial charge is 0.234 e. The van der Waals surface area contributed by atoms with Crippen molar-refractivity contribution in [1.82, 2.24) is 4.98 Å². The van der Waals surface area contributed by atoms with Gasteiger partial charge in [0.1, 0.15) is 0 Å². The number of nitrogen functional groups attached to an aromatic ring is 1. The molecule has 7 heteroatoms. The topological polar surface area (TPSA) is 85.1 Å². The van der Waals surface area contributed by atoms with E-state index < -0.39 is 0 Å². The third kappa shape index (κ3) is 3.93. The number of anilines is 2. The molecule has 3 aromatic rings. The Bertz CT molecular complexity index is 904. The van der Waals surface area contributed by atoms with Gasteiger partial charge < -0.3 is 11.1 Å². The fourth-order valence-corrected chi connectivity index (χ4v) is 4.01. The lowest BCUT2D eigenvalue weighted by atomic mass is 10.1. The molecule has 0 saturated heterocycles. The summed E-state index contributed by atoms with van der Waals surface area (Å²) in [5.41, 5.74) is 8.64. The molecule has 0 atom stereocenters. The van der Waals surface area contributed by atoms with Crippen LogP contribution in [0.2, 0.25) is 0 Å². The number of rotatable bonds is 5. The van der Waals surface area contributed by atoms with E-state index in [0.717, 1.165) is 14.6 Å². The van der Waals surface area contributed by atoms with Gasteiger partial charge in [0.25, 0.3) is 0 Å². The molecule has 1 heterocycles. The second kappa shape index (κ2) is 7.02. The van der Waals surface area contributed by atoms with Crippen LogP contribution in [0.4, 0.5) is 11.4 Å². The van der Waals surface area contributed by atoms with Crippen LogP contribution in [-0.4, -0.2) is 22.4 Å². The Morgan fingerprint density at radius 1 is 1.21 bits per heavy atom. The zero-order valence-electron chi connectivity index (χ0n) is 12.9. The predicted molar refractivity (Wildman–Crippen MR) is 99.8 cm³/mol. The molecule has 0 radical (unpaired) electrons. The van der Waals surface area contributed by atoms with Gasteiger partial charge in [0.05, 0.1) is 16.0 Å². The maximum Gasteiger partial charge on any atom is 0.234 e. The maximum absolute atomic E-state index is 12.0. The van der Waals surface area contributed by atoms with Gasteiger partial charge in [0.15, 0.2) is 10.1 Å². The van der Waals surface area contributed by atoms with E-state index in [2.05, 4.69) is 10.3 Å². The number of fused-ring (bicyclic) bond motifs is 1. The Morgan fingerprint density at radius 2 is 1.96 bits per heavy atom. The number of nitrogens with zero attached hydrogens (tertiary/aromatic N) is 1. The summed E-state index contributed by atoms with van der Waals surface area (Å²) in [6.45, 7) is 1.51. The quantitative estimate of drug-likeness (QED) is 0.412. The van der Waals surface area contributed by atoms with Crippen molar-refractivity contribution < 1.29 is 9.59 Å². The summed E-state index contributed by atoms with van der Waals surface area (Å²) in [7, 11) is 0. The van der Waals surface area contributed by atoms with E-state index >= 15 is 0 Å².